The Balaban J connectivity index is 2.14. The molecule has 0 bridgehead atoms. The van der Waals surface area contributed by atoms with E-state index in [0.717, 1.165) is 18.1 Å². The molecule has 2 aromatic rings. The van der Waals surface area contributed by atoms with Crippen molar-refractivity contribution in [2.75, 3.05) is 23.9 Å². The van der Waals surface area contributed by atoms with Crippen molar-refractivity contribution >= 4 is 35.0 Å². The standard InChI is InChI=1S/C10H14ClN5S/c1-7(5-17-2)4-12-9-3-8(11)15-10-13-6-14-16(9)10/h3,6-7,12H,4-5H2,1-2H3. The molecule has 1 atom stereocenters. The Morgan fingerprint density at radius 3 is 3.18 bits per heavy atom. The zero-order valence-electron chi connectivity index (χ0n) is 9.72. The van der Waals surface area contributed by atoms with Crippen molar-refractivity contribution in [3.05, 3.63) is 17.5 Å². The largest absolute Gasteiger partial charge is 0.370 e. The maximum atomic E-state index is 5.92. The van der Waals surface area contributed by atoms with Crippen LogP contribution in [0.1, 0.15) is 6.92 Å². The lowest BCUT2D eigenvalue weighted by Crippen LogP contribution is -2.15. The average molecular weight is 272 g/mol. The van der Waals surface area contributed by atoms with Gasteiger partial charge in [-0.3, -0.25) is 0 Å². The van der Waals surface area contributed by atoms with Gasteiger partial charge in [0.05, 0.1) is 0 Å². The molecule has 0 aliphatic rings. The van der Waals surface area contributed by atoms with Crippen LogP contribution in [0.15, 0.2) is 12.4 Å². The summed E-state index contributed by atoms with van der Waals surface area (Å²) in [4.78, 5) is 8.09. The number of fused-ring (bicyclic) bond motifs is 1. The number of aromatic nitrogens is 4. The van der Waals surface area contributed by atoms with E-state index in [2.05, 4.69) is 33.6 Å². The third-order valence-electron chi connectivity index (χ3n) is 2.30. The molecule has 0 saturated heterocycles. The zero-order valence-corrected chi connectivity index (χ0v) is 11.3. The minimum atomic E-state index is 0.422. The van der Waals surface area contributed by atoms with Gasteiger partial charge in [0, 0.05) is 12.6 Å². The molecule has 0 aliphatic heterocycles. The van der Waals surface area contributed by atoms with Crippen LogP contribution in [0.2, 0.25) is 5.15 Å². The number of nitrogens with zero attached hydrogens (tertiary/aromatic N) is 4. The molecule has 0 aromatic carbocycles. The first-order chi connectivity index (χ1) is 8.20. The summed E-state index contributed by atoms with van der Waals surface area (Å²) >= 11 is 7.76. The summed E-state index contributed by atoms with van der Waals surface area (Å²) in [6.07, 6.45) is 3.57. The number of hydrogen-bond donors (Lipinski definition) is 1. The van der Waals surface area contributed by atoms with Crippen molar-refractivity contribution in [2.45, 2.75) is 6.92 Å². The molecule has 0 saturated carbocycles. The first-order valence-corrected chi connectivity index (χ1v) is 7.07. The zero-order chi connectivity index (χ0) is 12.3. The van der Waals surface area contributed by atoms with Gasteiger partial charge >= 0.3 is 0 Å². The lowest BCUT2D eigenvalue weighted by Gasteiger charge is -2.12. The number of rotatable bonds is 5. The fraction of sp³-hybridized carbons (Fsp3) is 0.500. The van der Waals surface area contributed by atoms with E-state index in [4.69, 9.17) is 11.6 Å². The lowest BCUT2D eigenvalue weighted by molar-refractivity contribution is 0.696. The van der Waals surface area contributed by atoms with Crippen LogP contribution in [0, 0.1) is 5.92 Å². The number of nitrogens with one attached hydrogen (secondary N) is 1. The summed E-state index contributed by atoms with van der Waals surface area (Å²) in [5, 5.41) is 7.84. The van der Waals surface area contributed by atoms with Crippen molar-refractivity contribution in [1.82, 2.24) is 19.6 Å². The molecule has 1 N–H and O–H groups in total. The lowest BCUT2D eigenvalue weighted by atomic mass is 10.2. The summed E-state index contributed by atoms with van der Waals surface area (Å²) in [5.74, 6) is 3.03. The Morgan fingerprint density at radius 1 is 1.59 bits per heavy atom. The van der Waals surface area contributed by atoms with Crippen LogP contribution in [-0.4, -0.2) is 38.1 Å². The van der Waals surface area contributed by atoms with Gasteiger partial charge in [-0.05, 0) is 17.9 Å². The van der Waals surface area contributed by atoms with Crippen LogP contribution in [0.3, 0.4) is 0 Å². The molecule has 2 heterocycles. The van der Waals surface area contributed by atoms with Crippen LogP contribution < -0.4 is 5.32 Å². The van der Waals surface area contributed by atoms with Gasteiger partial charge in [0.1, 0.15) is 17.3 Å². The highest BCUT2D eigenvalue weighted by atomic mass is 35.5. The van der Waals surface area contributed by atoms with Gasteiger partial charge in [-0.2, -0.15) is 31.3 Å². The highest BCUT2D eigenvalue weighted by Gasteiger charge is 2.07. The molecule has 5 nitrogen and oxygen atoms in total. The number of thioether (sulfide) groups is 1. The molecular formula is C10H14ClN5S. The van der Waals surface area contributed by atoms with Gasteiger partial charge in [-0.25, -0.2) is 0 Å². The smallest absolute Gasteiger partial charge is 0.255 e. The fourth-order valence-corrected chi connectivity index (χ4v) is 2.40. The third-order valence-corrected chi connectivity index (χ3v) is 3.40. The molecule has 0 amide bonds. The van der Waals surface area contributed by atoms with Crippen LogP contribution in [0.4, 0.5) is 5.82 Å². The summed E-state index contributed by atoms with van der Waals surface area (Å²) in [6.45, 7) is 3.07. The van der Waals surface area contributed by atoms with E-state index in [9.17, 15) is 0 Å². The van der Waals surface area contributed by atoms with E-state index in [1.54, 1.807) is 10.6 Å². The van der Waals surface area contributed by atoms with Gasteiger partial charge in [-0.1, -0.05) is 18.5 Å². The van der Waals surface area contributed by atoms with Gasteiger partial charge in [0.15, 0.2) is 0 Å². The van der Waals surface area contributed by atoms with Crippen LogP contribution in [0.25, 0.3) is 5.78 Å². The van der Waals surface area contributed by atoms with E-state index >= 15 is 0 Å². The first kappa shape index (κ1) is 12.4. The third kappa shape index (κ3) is 3.01. The Morgan fingerprint density at radius 2 is 2.41 bits per heavy atom. The highest BCUT2D eigenvalue weighted by molar-refractivity contribution is 7.98. The molecule has 2 aromatic heterocycles. The van der Waals surface area contributed by atoms with Crippen molar-refractivity contribution in [1.29, 1.82) is 0 Å². The molecule has 0 spiro atoms. The predicted octanol–water partition coefficient (Wildman–Crippen LogP) is 2.19. The number of halogens is 1. The van der Waals surface area contributed by atoms with Crippen molar-refractivity contribution in [3.8, 4) is 0 Å². The van der Waals surface area contributed by atoms with Gasteiger partial charge in [0.25, 0.3) is 5.78 Å². The van der Waals surface area contributed by atoms with Crippen molar-refractivity contribution < 1.29 is 0 Å². The van der Waals surface area contributed by atoms with Gasteiger partial charge in [0.2, 0.25) is 0 Å². The first-order valence-electron chi connectivity index (χ1n) is 5.30. The Bertz CT molecular complexity index is 500. The predicted molar refractivity (Wildman–Crippen MR) is 71.8 cm³/mol. The minimum absolute atomic E-state index is 0.422. The maximum Gasteiger partial charge on any atom is 0.255 e. The van der Waals surface area contributed by atoms with Crippen molar-refractivity contribution in [2.24, 2.45) is 5.92 Å². The minimum Gasteiger partial charge on any atom is -0.370 e. The molecule has 17 heavy (non-hydrogen) atoms. The van der Waals surface area contributed by atoms with Crippen LogP contribution in [0.5, 0.6) is 0 Å². The molecular weight excluding hydrogens is 258 g/mol. The van der Waals surface area contributed by atoms with E-state index < -0.39 is 0 Å². The Labute approximate surface area is 109 Å². The average Bonchev–Trinajstić information content (AvgIpc) is 2.74. The normalized spacial score (nSPS) is 12.9. The molecule has 0 fully saturated rings. The van der Waals surface area contributed by atoms with Crippen molar-refractivity contribution in [3.63, 3.8) is 0 Å². The summed E-state index contributed by atoms with van der Waals surface area (Å²) in [5.41, 5.74) is 0. The quantitative estimate of drug-likeness (QED) is 0.845. The summed E-state index contributed by atoms with van der Waals surface area (Å²) < 4.78 is 1.65. The molecule has 0 aliphatic carbocycles. The van der Waals surface area contributed by atoms with E-state index in [1.165, 1.54) is 6.33 Å². The van der Waals surface area contributed by atoms with E-state index in [0.29, 0.717) is 16.8 Å². The molecule has 2 rings (SSSR count). The number of hydrogen-bond acceptors (Lipinski definition) is 5. The highest BCUT2D eigenvalue weighted by Crippen LogP contribution is 2.15. The second kappa shape index (κ2) is 5.55. The molecule has 1 unspecified atom stereocenters. The topological polar surface area (TPSA) is 55.1 Å². The number of anilines is 1. The SMILES string of the molecule is CSCC(C)CNc1cc(Cl)nc2ncnn12. The Hall–Kier alpha value is -1.01. The monoisotopic (exact) mass is 271 g/mol. The summed E-state index contributed by atoms with van der Waals surface area (Å²) in [6, 6.07) is 1.76. The second-order valence-electron chi connectivity index (χ2n) is 3.88. The van der Waals surface area contributed by atoms with Gasteiger partial charge < -0.3 is 5.32 Å². The van der Waals surface area contributed by atoms with E-state index in [1.807, 2.05) is 11.8 Å². The maximum absolute atomic E-state index is 5.92. The molecule has 0 radical (unpaired) electrons. The molecule has 92 valence electrons. The second-order valence-corrected chi connectivity index (χ2v) is 5.18. The Kier molecular flexibility index (Phi) is 4.06. The van der Waals surface area contributed by atoms with Gasteiger partial charge in [-0.15, -0.1) is 0 Å². The summed E-state index contributed by atoms with van der Waals surface area (Å²) in [7, 11) is 0. The van der Waals surface area contributed by atoms with Crippen LogP contribution in [-0.2, 0) is 0 Å². The fourth-order valence-electron chi connectivity index (χ4n) is 1.53. The molecule has 7 heteroatoms. The van der Waals surface area contributed by atoms with Crippen LogP contribution >= 0.6 is 23.4 Å². The van der Waals surface area contributed by atoms with E-state index in [-0.39, 0.29) is 0 Å².